The number of halogens is 6. The van der Waals surface area contributed by atoms with E-state index in [2.05, 4.69) is 10.6 Å². The molecule has 17 heteroatoms. The molecule has 1 aliphatic rings. The van der Waals surface area contributed by atoms with E-state index in [0.29, 0.717) is 18.2 Å². The number of carbonyl (C=O) groups excluding carboxylic acids is 3. The molecule has 0 saturated heterocycles. The Labute approximate surface area is 323 Å². The molecule has 1 aliphatic heterocycles. The number of rotatable bonds is 9. The second kappa shape index (κ2) is 14.7. The fourth-order valence-corrected chi connectivity index (χ4v) is 7.61. The van der Waals surface area contributed by atoms with Crippen LogP contribution in [0.5, 0.6) is 0 Å². The number of sulfone groups is 1. The Morgan fingerprint density at radius 2 is 1.28 bits per heavy atom. The summed E-state index contributed by atoms with van der Waals surface area (Å²) in [5.74, 6) is -5.66. The van der Waals surface area contributed by atoms with E-state index in [9.17, 15) is 32.7 Å². The van der Waals surface area contributed by atoms with Crippen LogP contribution in [0.3, 0.4) is 0 Å². The number of hydrogen-bond acceptors (Lipinski definition) is 7. The van der Waals surface area contributed by atoms with E-state index in [4.69, 9.17) is 4.74 Å². The maximum absolute atomic E-state index is 15.2. The lowest BCUT2D eigenvalue weighted by molar-refractivity contribution is -0.288. The topological polar surface area (TPSA) is 156 Å². The molecule has 0 aromatic heterocycles. The lowest BCUT2D eigenvalue weighted by Crippen LogP contribution is -2.55. The van der Waals surface area contributed by atoms with Gasteiger partial charge < -0.3 is 20.5 Å². The van der Waals surface area contributed by atoms with Crippen molar-refractivity contribution in [3.8, 4) is 0 Å². The molecule has 0 radical (unpaired) electrons. The number of benzene rings is 4. The Hall–Kier alpha value is -5.71. The number of cyclic esters (lactones) is 1. The van der Waals surface area contributed by atoms with Gasteiger partial charge in [-0.2, -0.15) is 26.3 Å². The van der Waals surface area contributed by atoms with Gasteiger partial charge in [0.15, 0.2) is 0 Å². The number of aromatic carboxylic acids is 1. The number of ether oxygens (including phenoxy) is 1. The number of nitrogens with one attached hydrogen (secondary N) is 2. The molecule has 3 N–H and O–H groups in total. The van der Waals surface area contributed by atoms with Gasteiger partial charge in [0.25, 0.3) is 11.8 Å². The van der Waals surface area contributed by atoms with E-state index in [1.807, 2.05) is 20.8 Å². The standard InChI is InChI=1S/C40H36F6N2O8S/c1-6-36(2,3)22-7-13-26(14-8-22)57(54,55)27-15-11-25(12-16-27)47-32(49)30-19-23(9-17-28(30)34(51)52)38(39(41,42)43,40(44,45)46)24-10-18-29-31(20-24)33(50)48-37(4,5)21-56-35(29)53/h7-20H,6,21H2,1-5H3,(H,47,49)(H,48,50)(H,51,52). The van der Waals surface area contributed by atoms with Gasteiger partial charge in [-0.3, -0.25) is 9.59 Å². The van der Waals surface area contributed by atoms with Crippen molar-refractivity contribution < 1.29 is 63.8 Å². The van der Waals surface area contributed by atoms with Crippen LogP contribution in [-0.4, -0.2) is 61.8 Å². The molecule has 0 unspecified atom stereocenters. The summed E-state index contributed by atoms with van der Waals surface area (Å²) in [6, 6.07) is 12.7. The Balaban J connectivity index is 1.57. The quantitative estimate of drug-likeness (QED) is 0.113. The average Bonchev–Trinajstić information content (AvgIpc) is 3.12. The molecule has 0 spiro atoms. The molecule has 0 saturated carbocycles. The molecular formula is C40H36F6N2O8S. The minimum absolute atomic E-state index is 0.0370. The minimum Gasteiger partial charge on any atom is -0.478 e. The van der Waals surface area contributed by atoms with E-state index in [0.717, 1.165) is 36.2 Å². The zero-order valence-electron chi connectivity index (χ0n) is 31.0. The summed E-state index contributed by atoms with van der Waals surface area (Å²) in [5, 5.41) is 14.4. The van der Waals surface area contributed by atoms with Crippen molar-refractivity contribution in [1.82, 2.24) is 5.32 Å². The summed E-state index contributed by atoms with van der Waals surface area (Å²) in [6.07, 6.45) is -11.7. The van der Waals surface area contributed by atoms with Gasteiger partial charge in [-0.15, -0.1) is 0 Å². The second-order valence-corrected chi connectivity index (χ2v) is 16.7. The van der Waals surface area contributed by atoms with Gasteiger partial charge in [-0.1, -0.05) is 45.0 Å². The monoisotopic (exact) mass is 818 g/mol. The normalized spacial score (nSPS) is 15.1. The predicted octanol–water partition coefficient (Wildman–Crippen LogP) is 8.25. The Morgan fingerprint density at radius 3 is 1.81 bits per heavy atom. The highest BCUT2D eigenvalue weighted by Gasteiger charge is 2.72. The number of carboxylic acid groups (broad SMARTS) is 1. The Morgan fingerprint density at radius 1 is 0.772 bits per heavy atom. The van der Waals surface area contributed by atoms with Crippen molar-refractivity contribution in [3.05, 3.63) is 124 Å². The Kier molecular flexibility index (Phi) is 10.9. The smallest absolute Gasteiger partial charge is 0.411 e. The second-order valence-electron chi connectivity index (χ2n) is 14.7. The molecule has 2 amide bonds. The van der Waals surface area contributed by atoms with Crippen LogP contribution < -0.4 is 10.6 Å². The fourth-order valence-electron chi connectivity index (χ4n) is 6.35. The van der Waals surface area contributed by atoms with Crippen LogP contribution in [0, 0.1) is 0 Å². The van der Waals surface area contributed by atoms with Crippen molar-refractivity contribution >= 4 is 39.3 Å². The average molecular weight is 819 g/mol. The minimum atomic E-state index is -6.25. The lowest BCUT2D eigenvalue weighted by Gasteiger charge is -2.39. The van der Waals surface area contributed by atoms with Gasteiger partial charge in [-0.05, 0) is 103 Å². The maximum atomic E-state index is 15.2. The molecule has 302 valence electrons. The highest BCUT2D eigenvalue weighted by Crippen LogP contribution is 2.56. The predicted molar refractivity (Wildman–Crippen MR) is 194 cm³/mol. The number of carboxylic acids is 1. The van der Waals surface area contributed by atoms with Crippen LogP contribution in [0.1, 0.15) is 99.2 Å². The van der Waals surface area contributed by atoms with Crippen molar-refractivity contribution in [2.45, 2.75) is 79.6 Å². The molecule has 4 aromatic carbocycles. The number of anilines is 1. The van der Waals surface area contributed by atoms with Crippen LogP contribution in [0.4, 0.5) is 32.0 Å². The Bertz CT molecular complexity index is 2360. The molecule has 0 aliphatic carbocycles. The van der Waals surface area contributed by atoms with Crippen LogP contribution in [0.2, 0.25) is 0 Å². The third-order valence-corrected chi connectivity index (χ3v) is 11.7. The number of fused-ring (bicyclic) bond motifs is 1. The van der Waals surface area contributed by atoms with Crippen molar-refractivity contribution in [1.29, 1.82) is 0 Å². The summed E-state index contributed by atoms with van der Waals surface area (Å²) in [5.41, 5.74) is -12.5. The van der Waals surface area contributed by atoms with Crippen LogP contribution in [0.25, 0.3) is 0 Å². The first-order valence-electron chi connectivity index (χ1n) is 17.2. The van der Waals surface area contributed by atoms with Gasteiger partial charge in [0.05, 0.1) is 37.6 Å². The third-order valence-electron chi connectivity index (χ3n) is 9.96. The number of amides is 2. The van der Waals surface area contributed by atoms with Gasteiger partial charge in [0.1, 0.15) is 6.61 Å². The summed E-state index contributed by atoms with van der Waals surface area (Å²) in [6.45, 7) is 8.45. The van der Waals surface area contributed by atoms with E-state index in [-0.39, 0.29) is 45.7 Å². The first kappa shape index (κ1) is 42.4. The van der Waals surface area contributed by atoms with Crippen molar-refractivity contribution in [3.63, 3.8) is 0 Å². The first-order chi connectivity index (χ1) is 26.3. The molecular weight excluding hydrogens is 783 g/mol. The summed E-state index contributed by atoms with van der Waals surface area (Å²) >= 11 is 0. The summed E-state index contributed by atoms with van der Waals surface area (Å²) in [4.78, 5) is 51.3. The van der Waals surface area contributed by atoms with Crippen molar-refractivity contribution in [2.75, 3.05) is 11.9 Å². The molecule has 0 atom stereocenters. The highest BCUT2D eigenvalue weighted by molar-refractivity contribution is 7.91. The number of esters is 1. The number of carbonyl (C=O) groups is 4. The van der Waals surface area contributed by atoms with Gasteiger partial charge in [0, 0.05) is 5.69 Å². The van der Waals surface area contributed by atoms with E-state index in [1.165, 1.54) is 26.0 Å². The highest BCUT2D eigenvalue weighted by atomic mass is 32.2. The SMILES string of the molecule is CCC(C)(C)c1ccc(S(=O)(=O)c2ccc(NC(=O)c3cc(C(c4ccc5c(c4)C(=O)NC(C)(C)COC5=O)(C(F)(F)F)C(F)(F)F)ccc3C(=O)O)cc2)cc1. The molecule has 0 fully saturated rings. The molecule has 10 nitrogen and oxygen atoms in total. The largest absolute Gasteiger partial charge is 0.478 e. The molecule has 5 rings (SSSR count). The molecule has 4 aromatic rings. The van der Waals surface area contributed by atoms with Crippen LogP contribution in [0.15, 0.2) is 94.7 Å². The van der Waals surface area contributed by atoms with Crippen molar-refractivity contribution in [2.24, 2.45) is 0 Å². The lowest BCUT2D eigenvalue weighted by atomic mass is 9.71. The molecule has 57 heavy (non-hydrogen) atoms. The van der Waals surface area contributed by atoms with E-state index < -0.39 is 90.3 Å². The van der Waals surface area contributed by atoms with Gasteiger partial charge in [-0.25, -0.2) is 18.0 Å². The zero-order valence-corrected chi connectivity index (χ0v) is 31.8. The molecule has 0 bridgehead atoms. The van der Waals surface area contributed by atoms with E-state index >= 15 is 26.3 Å². The zero-order chi connectivity index (χ0) is 42.5. The summed E-state index contributed by atoms with van der Waals surface area (Å²) < 4.78 is 123. The van der Waals surface area contributed by atoms with Crippen LogP contribution >= 0.6 is 0 Å². The fraction of sp³-hybridized carbons (Fsp3) is 0.300. The summed E-state index contributed by atoms with van der Waals surface area (Å²) in [7, 11) is -4.08. The maximum Gasteiger partial charge on any atom is 0.411 e. The van der Waals surface area contributed by atoms with Gasteiger partial charge in [0.2, 0.25) is 15.3 Å². The van der Waals surface area contributed by atoms with Crippen LogP contribution in [-0.2, 0) is 25.4 Å². The number of alkyl halides is 6. The third kappa shape index (κ3) is 7.84. The van der Waals surface area contributed by atoms with E-state index in [1.54, 1.807) is 12.1 Å². The first-order valence-corrected chi connectivity index (χ1v) is 18.7. The van der Waals surface area contributed by atoms with Gasteiger partial charge >= 0.3 is 24.3 Å². The molecule has 1 heterocycles. The number of hydrogen-bond donors (Lipinski definition) is 3.